The van der Waals surface area contributed by atoms with E-state index in [1.807, 2.05) is 13.0 Å². The van der Waals surface area contributed by atoms with Crippen molar-refractivity contribution >= 4 is 63.1 Å². The molecule has 0 unspecified atom stereocenters. The third-order valence-electron chi connectivity index (χ3n) is 4.46. The van der Waals surface area contributed by atoms with E-state index in [-0.39, 0.29) is 36.9 Å². The summed E-state index contributed by atoms with van der Waals surface area (Å²) in [4.78, 5) is 48.8. The number of para-hydroxylation sites is 1. The van der Waals surface area contributed by atoms with E-state index in [1.165, 1.54) is 17.7 Å². The lowest BCUT2D eigenvalue weighted by atomic mass is 10.2. The van der Waals surface area contributed by atoms with E-state index < -0.39 is 5.91 Å². The van der Waals surface area contributed by atoms with Gasteiger partial charge in [0, 0.05) is 18.9 Å². The van der Waals surface area contributed by atoms with Crippen LogP contribution in [-0.4, -0.2) is 37.9 Å². The van der Waals surface area contributed by atoms with Crippen LogP contribution in [0.2, 0.25) is 5.02 Å². The highest BCUT2D eigenvalue weighted by Crippen LogP contribution is 2.28. The number of aryl methyl sites for hydroxylation is 2. The van der Waals surface area contributed by atoms with Crippen LogP contribution in [0.1, 0.15) is 40.3 Å². The number of amides is 3. The van der Waals surface area contributed by atoms with E-state index in [4.69, 9.17) is 16.8 Å². The number of anilines is 4. The second kappa shape index (κ2) is 11.5. The van der Waals surface area contributed by atoms with Crippen molar-refractivity contribution < 1.29 is 19.6 Å². The average Bonchev–Trinajstić information content (AvgIpc) is 3.24. The number of hydrogen-bond donors (Lipinski definition) is 5. The van der Waals surface area contributed by atoms with Crippen LogP contribution in [0.25, 0.3) is 0 Å². The number of halogens is 1. The molecule has 34 heavy (non-hydrogen) atoms. The number of carbonyl (C=O) groups excluding carboxylic acids is 3. The van der Waals surface area contributed by atoms with Gasteiger partial charge in [0.1, 0.15) is 22.3 Å². The van der Waals surface area contributed by atoms with Crippen LogP contribution in [-0.2, 0) is 9.59 Å². The van der Waals surface area contributed by atoms with Crippen molar-refractivity contribution in [1.29, 1.82) is 0 Å². The van der Waals surface area contributed by atoms with E-state index in [0.717, 1.165) is 16.9 Å². The van der Waals surface area contributed by atoms with Crippen LogP contribution in [0.3, 0.4) is 0 Å². The molecule has 0 saturated heterocycles. The maximum atomic E-state index is 12.6. The monoisotopic (exact) mass is 503 g/mol. The van der Waals surface area contributed by atoms with E-state index >= 15 is 0 Å². The van der Waals surface area contributed by atoms with Gasteiger partial charge in [0.2, 0.25) is 11.8 Å². The normalized spacial score (nSPS) is 10.5. The summed E-state index contributed by atoms with van der Waals surface area (Å²) in [6.07, 6.45) is 1.81. The molecule has 2 heterocycles. The van der Waals surface area contributed by atoms with Gasteiger partial charge in [0.25, 0.3) is 5.91 Å². The number of hydroxylamine groups is 1. The first-order valence-electron chi connectivity index (χ1n) is 10.1. The third-order valence-corrected chi connectivity index (χ3v) is 5.69. The Kier molecular flexibility index (Phi) is 8.46. The Balaban J connectivity index is 1.63. The molecule has 0 aliphatic heterocycles. The van der Waals surface area contributed by atoms with Gasteiger partial charge in [0.05, 0.1) is 16.9 Å². The summed E-state index contributed by atoms with van der Waals surface area (Å²) in [7, 11) is 0. The number of carbonyl (C=O) groups is 3. The largest absolute Gasteiger partial charge is 0.320 e. The van der Waals surface area contributed by atoms with Gasteiger partial charge in [0.15, 0.2) is 5.13 Å². The van der Waals surface area contributed by atoms with Crippen LogP contribution < -0.4 is 21.4 Å². The third kappa shape index (κ3) is 6.94. The molecule has 0 fully saturated rings. The lowest BCUT2D eigenvalue weighted by Crippen LogP contribution is -2.19. The molecule has 0 saturated carbocycles. The number of nitrogens with zero attached hydrogens (tertiary/aromatic N) is 3. The molecule has 0 aliphatic rings. The van der Waals surface area contributed by atoms with Crippen molar-refractivity contribution in [1.82, 2.24) is 20.4 Å². The zero-order valence-electron chi connectivity index (χ0n) is 18.3. The summed E-state index contributed by atoms with van der Waals surface area (Å²) < 4.78 is 0. The highest BCUT2D eigenvalue weighted by Gasteiger charge is 2.15. The lowest BCUT2D eigenvalue weighted by Gasteiger charge is -2.09. The van der Waals surface area contributed by atoms with Gasteiger partial charge in [-0.2, -0.15) is 0 Å². The van der Waals surface area contributed by atoms with E-state index in [2.05, 4.69) is 30.9 Å². The second-order valence-electron chi connectivity index (χ2n) is 7.16. The summed E-state index contributed by atoms with van der Waals surface area (Å²) in [5.41, 5.74) is 2.90. The molecule has 13 heteroatoms. The van der Waals surface area contributed by atoms with Gasteiger partial charge in [-0.3, -0.25) is 19.6 Å². The SMILES string of the molecule is Cc1nc(NC(=O)CCCC(=O)NO)cc(Nc2ncc(C(=O)Nc3c(C)cccc3Cl)s2)n1. The van der Waals surface area contributed by atoms with Crippen molar-refractivity contribution in [3.63, 3.8) is 0 Å². The minimum Gasteiger partial charge on any atom is -0.320 e. The number of nitrogens with one attached hydrogen (secondary N) is 4. The minimum atomic E-state index is -0.560. The average molecular weight is 504 g/mol. The summed E-state index contributed by atoms with van der Waals surface area (Å²) in [6, 6.07) is 6.88. The molecule has 11 nitrogen and oxygen atoms in total. The Morgan fingerprint density at radius 3 is 2.53 bits per heavy atom. The summed E-state index contributed by atoms with van der Waals surface area (Å²) in [6.45, 7) is 3.51. The van der Waals surface area contributed by atoms with Gasteiger partial charge >= 0.3 is 0 Å². The zero-order valence-corrected chi connectivity index (χ0v) is 19.9. The first kappa shape index (κ1) is 25.0. The Labute approximate surface area is 203 Å². The van der Waals surface area contributed by atoms with Gasteiger partial charge in [-0.15, -0.1) is 0 Å². The first-order valence-corrected chi connectivity index (χ1v) is 11.3. The fourth-order valence-corrected chi connectivity index (χ4v) is 3.87. The predicted octanol–water partition coefficient (Wildman–Crippen LogP) is 3.81. The van der Waals surface area contributed by atoms with Crippen molar-refractivity contribution in [3.8, 4) is 0 Å². The van der Waals surface area contributed by atoms with Gasteiger partial charge < -0.3 is 16.0 Å². The van der Waals surface area contributed by atoms with Crippen LogP contribution >= 0.6 is 22.9 Å². The Bertz CT molecular complexity index is 1200. The van der Waals surface area contributed by atoms with Crippen LogP contribution in [0.4, 0.5) is 22.5 Å². The smallest absolute Gasteiger partial charge is 0.267 e. The summed E-state index contributed by atoms with van der Waals surface area (Å²) in [5, 5.41) is 17.8. The molecule has 0 spiro atoms. The number of thiazole rings is 1. The molecule has 0 aliphatic carbocycles. The highest BCUT2D eigenvalue weighted by atomic mass is 35.5. The molecular weight excluding hydrogens is 482 g/mol. The van der Waals surface area contributed by atoms with Crippen LogP contribution in [0.15, 0.2) is 30.5 Å². The molecular formula is C21H22ClN7O4S. The van der Waals surface area contributed by atoms with Crippen LogP contribution in [0.5, 0.6) is 0 Å². The van der Waals surface area contributed by atoms with Crippen molar-refractivity contribution in [2.24, 2.45) is 0 Å². The maximum absolute atomic E-state index is 12.6. The first-order chi connectivity index (χ1) is 16.2. The maximum Gasteiger partial charge on any atom is 0.267 e. The second-order valence-corrected chi connectivity index (χ2v) is 8.60. The van der Waals surface area contributed by atoms with Gasteiger partial charge in [-0.25, -0.2) is 20.4 Å². The summed E-state index contributed by atoms with van der Waals surface area (Å²) >= 11 is 7.30. The highest BCUT2D eigenvalue weighted by molar-refractivity contribution is 7.17. The molecule has 5 N–H and O–H groups in total. The van der Waals surface area contributed by atoms with Crippen LogP contribution in [0, 0.1) is 13.8 Å². The lowest BCUT2D eigenvalue weighted by molar-refractivity contribution is -0.129. The quantitative estimate of drug-likeness (QED) is 0.218. The van der Waals surface area contributed by atoms with Crippen molar-refractivity contribution in [2.45, 2.75) is 33.1 Å². The Morgan fingerprint density at radius 2 is 1.79 bits per heavy atom. The molecule has 2 aromatic heterocycles. The number of aromatic nitrogens is 3. The molecule has 3 aromatic rings. The minimum absolute atomic E-state index is 0.0233. The molecule has 1 aromatic carbocycles. The molecule has 3 rings (SSSR count). The van der Waals surface area contributed by atoms with Crippen molar-refractivity contribution in [3.05, 3.63) is 51.7 Å². The Morgan fingerprint density at radius 1 is 1.06 bits per heavy atom. The van der Waals surface area contributed by atoms with Gasteiger partial charge in [-0.1, -0.05) is 35.1 Å². The predicted molar refractivity (Wildman–Crippen MR) is 129 cm³/mol. The molecule has 178 valence electrons. The number of hydrogen-bond acceptors (Lipinski definition) is 9. The topological polar surface area (TPSA) is 158 Å². The van der Waals surface area contributed by atoms with E-state index in [9.17, 15) is 14.4 Å². The molecule has 0 radical (unpaired) electrons. The van der Waals surface area contributed by atoms with E-state index in [0.29, 0.717) is 32.4 Å². The number of benzene rings is 1. The fourth-order valence-electron chi connectivity index (χ4n) is 2.88. The molecule has 3 amide bonds. The molecule has 0 bridgehead atoms. The standard InChI is InChI=1S/C21H22ClN7O4S/c1-11-5-3-6-13(22)19(11)28-20(32)14-10-23-21(34-14)27-16-9-15(24-12(2)25-16)26-17(30)7-4-8-18(31)29-33/h3,5-6,9-10,33H,4,7-8H2,1-2H3,(H,28,32)(H,29,31)(H2,23,24,25,26,27,30). The molecule has 0 atom stereocenters. The van der Waals surface area contributed by atoms with Gasteiger partial charge in [-0.05, 0) is 31.9 Å². The zero-order chi connectivity index (χ0) is 24.7. The van der Waals surface area contributed by atoms with E-state index in [1.54, 1.807) is 19.1 Å². The van der Waals surface area contributed by atoms with Crippen molar-refractivity contribution in [2.75, 3.05) is 16.0 Å². The Hall–Kier alpha value is -3.61. The fraction of sp³-hybridized carbons (Fsp3) is 0.238. The summed E-state index contributed by atoms with van der Waals surface area (Å²) in [5.74, 6) is -0.179. The number of rotatable bonds is 9.